The fourth-order valence-corrected chi connectivity index (χ4v) is 25.9. The molecule has 4 bridgehead atoms. The molecule has 0 spiro atoms. The molecule has 0 amide bonds. The lowest BCUT2D eigenvalue weighted by Crippen LogP contribution is -2.59. The molecule has 4 saturated heterocycles. The average molecular weight is 1290 g/mol. The molecular formula is C64H100O16Si6. The quantitative estimate of drug-likeness (QED) is 0.0611. The number of benzene rings is 4. The van der Waals surface area contributed by atoms with Crippen LogP contribution in [0.4, 0.5) is 0 Å². The third-order valence-corrected chi connectivity index (χ3v) is 30.0. The molecule has 4 aromatic carbocycles. The minimum Gasteiger partial charge on any atom is -0.490 e. The van der Waals surface area contributed by atoms with Crippen LogP contribution in [-0.4, -0.2) is 122 Å². The first-order valence-corrected chi connectivity index (χ1v) is 40.6. The van der Waals surface area contributed by atoms with Gasteiger partial charge in [-0.15, -0.1) is 0 Å². The lowest BCUT2D eigenvalue weighted by Gasteiger charge is -2.32. The lowest BCUT2D eigenvalue weighted by molar-refractivity contribution is -0.0178. The van der Waals surface area contributed by atoms with Gasteiger partial charge in [0.05, 0.1) is 36.6 Å². The predicted octanol–water partition coefficient (Wildman–Crippen LogP) is 12.9. The largest absolute Gasteiger partial charge is 0.519 e. The van der Waals surface area contributed by atoms with Crippen molar-refractivity contribution in [2.45, 2.75) is 158 Å². The zero-order valence-electron chi connectivity index (χ0n) is 53.8. The van der Waals surface area contributed by atoms with Crippen LogP contribution in [0, 0.1) is 0 Å². The van der Waals surface area contributed by atoms with Crippen LogP contribution in [0.15, 0.2) is 195 Å². The van der Waals surface area contributed by atoms with Crippen molar-refractivity contribution in [3.63, 3.8) is 0 Å². The minimum absolute atomic E-state index is 0.00176. The number of hydrogen-bond donors (Lipinski definition) is 4. The molecule has 22 heteroatoms. The molecule has 4 aromatic rings. The van der Waals surface area contributed by atoms with E-state index in [9.17, 15) is 19.2 Å². The van der Waals surface area contributed by atoms with E-state index in [2.05, 4.69) is 128 Å². The second kappa shape index (κ2) is 35.6. The maximum Gasteiger partial charge on any atom is 0.519 e. The zero-order chi connectivity index (χ0) is 65.2. The van der Waals surface area contributed by atoms with Crippen molar-refractivity contribution >= 4 is 52.8 Å². The highest BCUT2D eigenvalue weighted by Gasteiger charge is 2.64. The van der Waals surface area contributed by atoms with Crippen LogP contribution in [0.3, 0.4) is 0 Å². The van der Waals surface area contributed by atoms with E-state index in [0.717, 1.165) is 5.75 Å². The van der Waals surface area contributed by atoms with Gasteiger partial charge in [-0.3, -0.25) is 0 Å². The van der Waals surface area contributed by atoms with Gasteiger partial charge in [0.15, 0.2) is 0 Å². The van der Waals surface area contributed by atoms with Crippen molar-refractivity contribution in [1.29, 1.82) is 0 Å². The van der Waals surface area contributed by atoms with Crippen molar-refractivity contribution in [3.8, 4) is 11.5 Å². The van der Waals surface area contributed by atoms with E-state index >= 15 is 0 Å². The Morgan fingerprint density at radius 3 is 0.965 bits per heavy atom. The highest BCUT2D eigenvalue weighted by Crippen LogP contribution is 2.38. The number of hydrogen-bond acceptors (Lipinski definition) is 16. The van der Waals surface area contributed by atoms with Gasteiger partial charge in [-0.05, 0) is 114 Å². The van der Waals surface area contributed by atoms with Crippen LogP contribution in [0.5, 0.6) is 11.5 Å². The summed E-state index contributed by atoms with van der Waals surface area (Å²) in [5, 5.41) is 0. The number of rotatable bonds is 16. The topological polar surface area (TPSA) is 192 Å². The maximum atomic E-state index is 11.4. The van der Waals surface area contributed by atoms with Crippen LogP contribution < -0.4 is 9.47 Å². The average Bonchev–Trinajstić information content (AvgIpc) is 1.80. The van der Waals surface area contributed by atoms with Gasteiger partial charge < -0.3 is 71.7 Å². The molecule has 10 unspecified atom stereocenters. The van der Waals surface area contributed by atoms with E-state index in [1.807, 2.05) is 104 Å². The molecule has 4 fully saturated rings. The molecule has 86 heavy (non-hydrogen) atoms. The van der Waals surface area contributed by atoms with E-state index < -0.39 is 89.5 Å². The Kier molecular flexibility index (Phi) is 32.0. The molecule has 4 aliphatic heterocycles. The summed E-state index contributed by atoms with van der Waals surface area (Å²) in [7, 11) is -22.6. The van der Waals surface area contributed by atoms with E-state index in [1.54, 1.807) is 39.8 Å². The lowest BCUT2D eigenvalue weighted by atomic mass is 9.78. The van der Waals surface area contributed by atoms with Crippen molar-refractivity contribution in [1.82, 2.24) is 0 Å². The van der Waals surface area contributed by atoms with Gasteiger partial charge in [0.25, 0.3) is 0 Å². The second-order valence-corrected chi connectivity index (χ2v) is 34.5. The first-order valence-electron chi connectivity index (χ1n) is 29.6. The minimum atomic E-state index is -3.96. The summed E-state index contributed by atoms with van der Waals surface area (Å²) < 4.78 is 69.4. The summed E-state index contributed by atoms with van der Waals surface area (Å²) in [5.41, 5.74) is 12.7. The Morgan fingerprint density at radius 2 is 0.674 bits per heavy atom. The van der Waals surface area contributed by atoms with Crippen molar-refractivity contribution in [3.05, 3.63) is 217 Å². The summed E-state index contributed by atoms with van der Waals surface area (Å²) in [6.45, 7) is 54.3. The Bertz CT molecular complexity index is 2680. The second-order valence-electron chi connectivity index (χ2n) is 20.0. The molecule has 0 aliphatic carbocycles. The highest BCUT2D eigenvalue weighted by molar-refractivity contribution is 6.86. The van der Waals surface area contributed by atoms with Gasteiger partial charge in [-0.25, -0.2) is 0 Å². The zero-order valence-corrected chi connectivity index (χ0v) is 59.8. The normalized spacial score (nSPS) is 30.0. The van der Waals surface area contributed by atoms with Crippen molar-refractivity contribution in [2.75, 3.05) is 13.2 Å². The molecule has 4 N–H and O–H groups in total. The standard InChI is InChI=1S/C27H36O8Si3.C18H20O.C11H20O7Si3.4C2H6/c1-7-36(28)31-21(3)26-22(4)32-37(29,35-38(8-2,33-26)34-36)20-12-19-30-25-17-15-24(16-18-25)27(5,6)23-13-10-9-11-14-23;1-4-14-19-17-12-10-16(11-13-17)18(2,3)15-8-6-5-7-9-15;1-6-19(12)14-9(4)11-10(5)15-20(13,7-2)18-21(8-3,16-11)17-19;4*1-2/h7-18,20-22,26,28-29H,1-2,19H2,3-6H3;4-13H,1,14H2,2-3H3;6-13H,1-3H2,4-5H3;4*1-2H3/b20-12+;;;;;;. The van der Waals surface area contributed by atoms with Crippen molar-refractivity contribution < 1.29 is 71.7 Å². The highest BCUT2D eigenvalue weighted by atomic mass is 28.5. The molecule has 4 heterocycles. The Labute approximate surface area is 521 Å². The fourth-order valence-electron chi connectivity index (χ4n) is 8.99. The summed E-state index contributed by atoms with van der Waals surface area (Å²) >= 11 is 0. The first-order chi connectivity index (χ1) is 40.8. The van der Waals surface area contributed by atoms with Crippen LogP contribution >= 0.6 is 0 Å². The monoisotopic (exact) mass is 1290 g/mol. The molecule has 16 nitrogen and oxygen atoms in total. The molecule has 8 rings (SSSR count). The van der Waals surface area contributed by atoms with Gasteiger partial charge in [-0.2, -0.15) is 0 Å². The van der Waals surface area contributed by atoms with E-state index in [-0.39, 0.29) is 17.4 Å². The first kappa shape index (κ1) is 77.5. The van der Waals surface area contributed by atoms with Crippen molar-refractivity contribution in [2.24, 2.45) is 0 Å². The summed E-state index contributed by atoms with van der Waals surface area (Å²) in [6.07, 6.45) is -0.0948. The molecule has 0 radical (unpaired) electrons. The Morgan fingerprint density at radius 1 is 0.395 bits per heavy atom. The molecule has 4 aliphatic rings. The third-order valence-electron chi connectivity index (χ3n) is 13.5. The Balaban J connectivity index is 0.000000446. The number of fused-ring (bicyclic) bond motifs is 4. The van der Waals surface area contributed by atoms with E-state index in [1.165, 1.54) is 56.4 Å². The van der Waals surface area contributed by atoms with Crippen LogP contribution in [0.2, 0.25) is 0 Å². The predicted molar refractivity (Wildman–Crippen MR) is 356 cm³/mol. The van der Waals surface area contributed by atoms with Gasteiger partial charge in [0.1, 0.15) is 24.7 Å². The van der Waals surface area contributed by atoms with Gasteiger partial charge in [0, 0.05) is 10.8 Å². The van der Waals surface area contributed by atoms with Crippen LogP contribution in [-0.2, 0) is 53.8 Å². The SMILES string of the molecule is C=CCOc1ccc(C(C)(C)c2ccccc2)cc1.C=C[Si]1(O)OC(C)C2O[Si](C=C)(O1)O[Si](O)(/C=C/COc1ccc(C(C)(C)c3ccccc3)cc1)OC2C.C=C[Si]1(O)OC(C)C2O[Si](C=C)(O1)O[Si](O)(C=C)OC2C.CC.CC.CC.CC. The molecule has 476 valence electrons. The molecule has 0 saturated carbocycles. The molecule has 10 atom stereocenters. The third kappa shape index (κ3) is 21.0. The molecular weight excluding hydrogens is 1190 g/mol. The van der Waals surface area contributed by atoms with Gasteiger partial charge in [0.2, 0.25) is 0 Å². The Hall–Kier alpha value is -4.60. The molecule has 0 aromatic heterocycles. The van der Waals surface area contributed by atoms with E-state index in [0.29, 0.717) is 12.4 Å². The smallest absolute Gasteiger partial charge is 0.490 e. The summed E-state index contributed by atoms with van der Waals surface area (Å²) in [4.78, 5) is 43.1. The van der Waals surface area contributed by atoms with E-state index in [4.69, 9.17) is 52.5 Å². The summed E-state index contributed by atoms with van der Waals surface area (Å²) in [6, 6.07) is 37.2. The van der Waals surface area contributed by atoms with Gasteiger partial charge >= 0.3 is 52.8 Å². The fraction of sp³-hybridized carbons (Fsp3) is 0.406. The van der Waals surface area contributed by atoms with Gasteiger partial charge in [-0.1, -0.05) is 214 Å². The maximum absolute atomic E-state index is 11.4. The van der Waals surface area contributed by atoms with Crippen LogP contribution in [0.25, 0.3) is 0 Å². The summed E-state index contributed by atoms with van der Waals surface area (Å²) in [5.74, 6) is 1.57. The van der Waals surface area contributed by atoms with Crippen LogP contribution in [0.1, 0.15) is 133 Å². The number of ether oxygens (including phenoxy) is 2.